The Morgan fingerprint density at radius 1 is 1.30 bits per heavy atom. The standard InChI is InChI=1S/C16H14BrN3O2S/c17-12-4-2-1-3-11(12)9-14(21)18-6-7-20-10-19-13-5-8-23-15(13)16(20)22/h1-5,8,10H,6-7,9H2,(H,18,21). The Kier molecular flexibility index (Phi) is 4.88. The van der Waals surface area contributed by atoms with Gasteiger partial charge >= 0.3 is 0 Å². The van der Waals surface area contributed by atoms with Gasteiger partial charge in [0.15, 0.2) is 0 Å². The van der Waals surface area contributed by atoms with Gasteiger partial charge in [0.05, 0.1) is 18.3 Å². The van der Waals surface area contributed by atoms with Crippen molar-refractivity contribution in [3.05, 3.63) is 62.4 Å². The van der Waals surface area contributed by atoms with Crippen molar-refractivity contribution >= 4 is 43.4 Å². The zero-order valence-corrected chi connectivity index (χ0v) is 14.6. The number of carbonyl (C=O) groups excluding carboxylic acids is 1. The molecule has 23 heavy (non-hydrogen) atoms. The van der Waals surface area contributed by atoms with Gasteiger partial charge in [0.1, 0.15) is 4.70 Å². The molecule has 0 radical (unpaired) electrons. The molecule has 3 aromatic rings. The SMILES string of the molecule is O=C(Cc1ccccc1Br)NCCn1cnc2ccsc2c1=O. The van der Waals surface area contributed by atoms with Crippen molar-refractivity contribution in [1.29, 1.82) is 0 Å². The van der Waals surface area contributed by atoms with Crippen LogP contribution in [0.25, 0.3) is 10.2 Å². The first kappa shape index (κ1) is 15.9. The highest BCUT2D eigenvalue weighted by molar-refractivity contribution is 9.10. The quantitative estimate of drug-likeness (QED) is 0.726. The first-order valence-corrected chi connectivity index (χ1v) is 8.75. The van der Waals surface area contributed by atoms with Crippen LogP contribution in [-0.4, -0.2) is 22.0 Å². The van der Waals surface area contributed by atoms with Crippen molar-refractivity contribution < 1.29 is 4.79 Å². The lowest BCUT2D eigenvalue weighted by molar-refractivity contribution is -0.120. The zero-order valence-electron chi connectivity index (χ0n) is 12.2. The number of fused-ring (bicyclic) bond motifs is 1. The highest BCUT2D eigenvalue weighted by Gasteiger charge is 2.07. The fourth-order valence-corrected chi connectivity index (χ4v) is 3.45. The first-order chi connectivity index (χ1) is 11.1. The van der Waals surface area contributed by atoms with Crippen LogP contribution in [0.1, 0.15) is 5.56 Å². The number of aromatic nitrogens is 2. The summed E-state index contributed by atoms with van der Waals surface area (Å²) in [6, 6.07) is 9.44. The second-order valence-electron chi connectivity index (χ2n) is 5.00. The molecule has 0 unspecified atom stereocenters. The van der Waals surface area contributed by atoms with Crippen LogP contribution in [0.4, 0.5) is 0 Å². The van der Waals surface area contributed by atoms with Crippen molar-refractivity contribution in [2.45, 2.75) is 13.0 Å². The molecule has 2 aromatic heterocycles. The van der Waals surface area contributed by atoms with E-state index in [-0.39, 0.29) is 11.5 Å². The number of hydrogen-bond acceptors (Lipinski definition) is 4. The van der Waals surface area contributed by atoms with E-state index < -0.39 is 0 Å². The average molecular weight is 392 g/mol. The van der Waals surface area contributed by atoms with E-state index >= 15 is 0 Å². The maximum atomic E-state index is 12.2. The molecule has 0 spiro atoms. The number of halogens is 1. The maximum absolute atomic E-state index is 12.2. The number of hydrogen-bond donors (Lipinski definition) is 1. The average Bonchev–Trinajstić information content (AvgIpc) is 3.01. The topological polar surface area (TPSA) is 64.0 Å². The van der Waals surface area contributed by atoms with Gasteiger partial charge < -0.3 is 5.32 Å². The number of rotatable bonds is 5. The van der Waals surface area contributed by atoms with Crippen molar-refractivity contribution in [3.63, 3.8) is 0 Å². The number of nitrogens with zero attached hydrogens (tertiary/aromatic N) is 2. The summed E-state index contributed by atoms with van der Waals surface area (Å²) in [5.74, 6) is -0.0740. The highest BCUT2D eigenvalue weighted by Crippen LogP contribution is 2.16. The third-order valence-corrected chi connectivity index (χ3v) is 5.08. The lowest BCUT2D eigenvalue weighted by Crippen LogP contribution is -2.31. The van der Waals surface area contributed by atoms with Gasteiger partial charge in [-0.2, -0.15) is 0 Å². The summed E-state index contributed by atoms with van der Waals surface area (Å²) in [5, 5.41) is 4.68. The fourth-order valence-electron chi connectivity index (χ4n) is 2.23. The molecule has 0 atom stereocenters. The molecule has 0 bridgehead atoms. The summed E-state index contributed by atoms with van der Waals surface area (Å²) in [7, 11) is 0. The summed E-state index contributed by atoms with van der Waals surface area (Å²) >= 11 is 4.81. The molecule has 0 saturated carbocycles. The molecule has 5 nitrogen and oxygen atoms in total. The van der Waals surface area contributed by atoms with Gasteiger partial charge in [-0.15, -0.1) is 11.3 Å². The summed E-state index contributed by atoms with van der Waals surface area (Å²) in [6.07, 6.45) is 1.83. The number of amides is 1. The van der Waals surface area contributed by atoms with E-state index in [1.165, 1.54) is 22.2 Å². The maximum Gasteiger partial charge on any atom is 0.271 e. The number of carbonyl (C=O) groups is 1. The van der Waals surface area contributed by atoms with Gasteiger partial charge in [-0.3, -0.25) is 14.2 Å². The van der Waals surface area contributed by atoms with Crippen LogP contribution in [0.2, 0.25) is 0 Å². The monoisotopic (exact) mass is 391 g/mol. The molecule has 1 N–H and O–H groups in total. The van der Waals surface area contributed by atoms with Gasteiger partial charge in [-0.25, -0.2) is 4.98 Å². The molecule has 118 valence electrons. The molecule has 1 amide bonds. The Balaban J connectivity index is 1.58. The Morgan fingerprint density at radius 3 is 2.96 bits per heavy atom. The summed E-state index contributed by atoms with van der Waals surface area (Å²) in [6.45, 7) is 0.795. The first-order valence-electron chi connectivity index (χ1n) is 7.08. The van der Waals surface area contributed by atoms with Gasteiger partial charge in [-0.05, 0) is 23.1 Å². The predicted octanol–water partition coefficient (Wildman–Crippen LogP) is 2.58. The third kappa shape index (κ3) is 3.68. The van der Waals surface area contributed by atoms with Gasteiger partial charge in [0.2, 0.25) is 5.91 Å². The smallest absolute Gasteiger partial charge is 0.271 e. The third-order valence-electron chi connectivity index (χ3n) is 3.42. The van der Waals surface area contributed by atoms with E-state index in [0.717, 1.165) is 10.0 Å². The second kappa shape index (κ2) is 7.06. The molecule has 0 aliphatic carbocycles. The van der Waals surface area contributed by atoms with Crippen LogP contribution in [0, 0.1) is 0 Å². The molecule has 7 heteroatoms. The van der Waals surface area contributed by atoms with Gasteiger partial charge in [0.25, 0.3) is 5.56 Å². The van der Waals surface area contributed by atoms with E-state index in [1.54, 1.807) is 0 Å². The number of benzene rings is 1. The van der Waals surface area contributed by atoms with Gasteiger partial charge in [-0.1, -0.05) is 34.1 Å². The Morgan fingerprint density at radius 2 is 2.13 bits per heavy atom. The molecule has 2 heterocycles. The lowest BCUT2D eigenvalue weighted by atomic mass is 10.1. The molecular formula is C16H14BrN3O2S. The largest absolute Gasteiger partial charge is 0.354 e. The molecule has 3 rings (SSSR count). The minimum absolute atomic E-state index is 0.0648. The van der Waals surface area contributed by atoms with Crippen molar-refractivity contribution in [2.75, 3.05) is 6.54 Å². The van der Waals surface area contributed by atoms with Crippen LogP contribution in [0.5, 0.6) is 0 Å². The normalized spacial score (nSPS) is 10.8. The number of thiophene rings is 1. The van der Waals surface area contributed by atoms with Crippen LogP contribution < -0.4 is 10.9 Å². The fraction of sp³-hybridized carbons (Fsp3) is 0.188. The van der Waals surface area contributed by atoms with Crippen molar-refractivity contribution in [3.8, 4) is 0 Å². The molecule has 0 saturated heterocycles. The molecular weight excluding hydrogens is 378 g/mol. The van der Waals surface area contributed by atoms with E-state index in [2.05, 4.69) is 26.2 Å². The molecule has 0 aliphatic heterocycles. The molecule has 1 aromatic carbocycles. The lowest BCUT2D eigenvalue weighted by Gasteiger charge is -2.08. The minimum atomic E-state index is -0.0740. The molecule has 0 fully saturated rings. The van der Waals surface area contributed by atoms with E-state index in [4.69, 9.17) is 0 Å². The van der Waals surface area contributed by atoms with Gasteiger partial charge in [0, 0.05) is 17.6 Å². The summed E-state index contributed by atoms with van der Waals surface area (Å²) < 4.78 is 3.09. The Labute approximate surface area is 145 Å². The Hall–Kier alpha value is -1.99. The van der Waals surface area contributed by atoms with E-state index in [0.29, 0.717) is 29.7 Å². The van der Waals surface area contributed by atoms with Crippen LogP contribution in [0.15, 0.2) is 51.3 Å². The number of nitrogens with one attached hydrogen (secondary N) is 1. The van der Waals surface area contributed by atoms with Crippen LogP contribution >= 0.6 is 27.3 Å². The van der Waals surface area contributed by atoms with E-state index in [9.17, 15) is 9.59 Å². The summed E-state index contributed by atoms with van der Waals surface area (Å²) in [5.41, 5.74) is 1.59. The van der Waals surface area contributed by atoms with E-state index in [1.807, 2.05) is 35.7 Å². The Bertz CT molecular complexity index is 903. The highest BCUT2D eigenvalue weighted by atomic mass is 79.9. The second-order valence-corrected chi connectivity index (χ2v) is 6.77. The van der Waals surface area contributed by atoms with Crippen LogP contribution in [-0.2, 0) is 17.8 Å². The zero-order chi connectivity index (χ0) is 16.2. The van der Waals surface area contributed by atoms with Crippen molar-refractivity contribution in [2.24, 2.45) is 0 Å². The summed E-state index contributed by atoms with van der Waals surface area (Å²) in [4.78, 5) is 28.4. The minimum Gasteiger partial charge on any atom is -0.354 e. The van der Waals surface area contributed by atoms with Crippen LogP contribution in [0.3, 0.4) is 0 Å². The molecule has 0 aliphatic rings. The van der Waals surface area contributed by atoms with Crippen molar-refractivity contribution in [1.82, 2.24) is 14.9 Å². The predicted molar refractivity (Wildman–Crippen MR) is 94.7 cm³/mol.